The molecule has 1 N–H and O–H groups in total. The second kappa shape index (κ2) is 5.87. The van der Waals surface area contributed by atoms with Gasteiger partial charge in [0.05, 0.1) is 19.6 Å². The number of hydrogen-bond acceptors (Lipinski definition) is 3. The molecule has 3 fully saturated rings. The minimum absolute atomic E-state index is 0.00443. The Balaban J connectivity index is 1.61. The van der Waals surface area contributed by atoms with E-state index in [0.29, 0.717) is 20.8 Å². The van der Waals surface area contributed by atoms with Crippen LogP contribution < -0.4 is 5.32 Å². The fourth-order valence-electron chi connectivity index (χ4n) is 4.25. The summed E-state index contributed by atoms with van der Waals surface area (Å²) >= 11 is 13.8. The van der Waals surface area contributed by atoms with Crippen LogP contribution in [0.15, 0.2) is 18.2 Å². The Morgan fingerprint density at radius 2 is 2.00 bits per heavy atom. The molecule has 2 bridgehead atoms. The van der Waals surface area contributed by atoms with Crippen LogP contribution in [-0.2, 0) is 0 Å². The molecule has 0 aliphatic carbocycles. The van der Waals surface area contributed by atoms with E-state index in [-0.39, 0.29) is 17.5 Å². The molecule has 2 aromatic rings. The van der Waals surface area contributed by atoms with E-state index in [1.54, 1.807) is 6.07 Å². The third kappa shape index (κ3) is 2.55. The van der Waals surface area contributed by atoms with Crippen LogP contribution >= 0.6 is 34.5 Å². The minimum atomic E-state index is -0.00443. The number of piperidine rings is 3. The lowest BCUT2D eigenvalue weighted by Gasteiger charge is -2.56. The lowest BCUT2D eigenvalue weighted by molar-refractivity contribution is -0.0377. The second-order valence-corrected chi connectivity index (χ2v) is 9.16. The maximum absolute atomic E-state index is 12.8. The number of nitrogens with one attached hydrogen (secondary N) is 1. The van der Waals surface area contributed by atoms with Gasteiger partial charge in [-0.25, -0.2) is 0 Å². The molecule has 6 heteroatoms. The molecule has 0 unspecified atom stereocenters. The summed E-state index contributed by atoms with van der Waals surface area (Å²) in [7, 11) is 0. The van der Waals surface area contributed by atoms with Gasteiger partial charge in [0, 0.05) is 11.6 Å². The van der Waals surface area contributed by atoms with Crippen LogP contribution in [0.1, 0.15) is 36.4 Å². The molecule has 1 atom stereocenters. The van der Waals surface area contributed by atoms with Gasteiger partial charge in [-0.15, -0.1) is 11.3 Å². The quantitative estimate of drug-likeness (QED) is 0.807. The largest absolute Gasteiger partial charge is 0.346 e. The van der Waals surface area contributed by atoms with Gasteiger partial charge in [-0.1, -0.05) is 29.3 Å². The summed E-state index contributed by atoms with van der Waals surface area (Å²) in [6.45, 7) is 6.76. The van der Waals surface area contributed by atoms with Crippen LogP contribution in [-0.4, -0.2) is 35.5 Å². The molecule has 1 aromatic heterocycles. The van der Waals surface area contributed by atoms with Gasteiger partial charge in [0.2, 0.25) is 0 Å². The van der Waals surface area contributed by atoms with Gasteiger partial charge < -0.3 is 5.32 Å². The molecule has 3 nitrogen and oxygen atoms in total. The van der Waals surface area contributed by atoms with Crippen LogP contribution in [0.5, 0.6) is 0 Å². The number of nitrogens with zero attached hydrogens (tertiary/aromatic N) is 1. The molecular formula is C18H20Cl2N2OS. The summed E-state index contributed by atoms with van der Waals surface area (Å²) in [6, 6.07) is 5.79. The molecule has 5 rings (SSSR count). The normalized spacial score (nSPS) is 28.2. The van der Waals surface area contributed by atoms with E-state index in [1.807, 2.05) is 12.1 Å². The third-order valence-corrected chi connectivity index (χ3v) is 7.76. The zero-order valence-electron chi connectivity index (χ0n) is 13.7. The van der Waals surface area contributed by atoms with E-state index in [0.717, 1.165) is 23.2 Å². The van der Waals surface area contributed by atoms with Gasteiger partial charge in [-0.2, -0.15) is 0 Å². The maximum Gasteiger partial charge on any atom is 0.261 e. The predicted octanol–water partition coefficient (Wildman–Crippen LogP) is 4.81. The minimum Gasteiger partial charge on any atom is -0.346 e. The van der Waals surface area contributed by atoms with E-state index in [9.17, 15) is 4.79 Å². The number of hydrogen-bond donors (Lipinski definition) is 1. The van der Waals surface area contributed by atoms with Crippen LogP contribution in [0.2, 0.25) is 10.0 Å². The summed E-state index contributed by atoms with van der Waals surface area (Å²) < 4.78 is 0.877. The zero-order valence-corrected chi connectivity index (χ0v) is 16.1. The number of fused-ring (bicyclic) bond motifs is 4. The molecule has 3 saturated heterocycles. The average molecular weight is 383 g/mol. The highest BCUT2D eigenvalue weighted by atomic mass is 35.5. The Hall–Kier alpha value is -0.810. The first-order valence-corrected chi connectivity index (χ1v) is 9.88. The molecule has 4 heterocycles. The van der Waals surface area contributed by atoms with E-state index >= 15 is 0 Å². The smallest absolute Gasteiger partial charge is 0.261 e. The molecule has 128 valence electrons. The first kappa shape index (κ1) is 16.6. The van der Waals surface area contributed by atoms with Gasteiger partial charge in [-0.3, -0.25) is 9.69 Å². The Bertz CT molecular complexity index is 809. The molecular weight excluding hydrogens is 363 g/mol. The number of amides is 1. The number of thiophene rings is 1. The number of carbonyl (C=O) groups excluding carboxylic acids is 1. The van der Waals surface area contributed by atoms with Gasteiger partial charge >= 0.3 is 0 Å². The Kier molecular flexibility index (Phi) is 4.07. The summed E-state index contributed by atoms with van der Waals surface area (Å²) in [5, 5.41) is 5.32. The van der Waals surface area contributed by atoms with Crippen molar-refractivity contribution in [3.05, 3.63) is 33.1 Å². The lowest BCUT2D eigenvalue weighted by atomic mass is 9.72. The average Bonchev–Trinajstić information content (AvgIpc) is 3.00. The summed E-state index contributed by atoms with van der Waals surface area (Å²) in [4.78, 5) is 16.0. The number of halogens is 2. The van der Waals surface area contributed by atoms with Gasteiger partial charge in [0.25, 0.3) is 5.91 Å². The van der Waals surface area contributed by atoms with Gasteiger partial charge in [0.15, 0.2) is 0 Å². The molecule has 0 radical (unpaired) electrons. The Morgan fingerprint density at radius 3 is 2.67 bits per heavy atom. The van der Waals surface area contributed by atoms with Crippen molar-refractivity contribution < 1.29 is 4.79 Å². The van der Waals surface area contributed by atoms with E-state index in [2.05, 4.69) is 24.1 Å². The monoisotopic (exact) mass is 382 g/mol. The number of carbonyl (C=O) groups is 1. The second-order valence-electron chi connectivity index (χ2n) is 7.32. The highest BCUT2D eigenvalue weighted by Gasteiger charge is 2.48. The molecule has 24 heavy (non-hydrogen) atoms. The number of benzene rings is 1. The van der Waals surface area contributed by atoms with Crippen LogP contribution in [0.25, 0.3) is 10.1 Å². The molecule has 3 aliphatic heterocycles. The Morgan fingerprint density at radius 1 is 1.29 bits per heavy atom. The van der Waals surface area contributed by atoms with Crippen molar-refractivity contribution in [1.82, 2.24) is 10.2 Å². The topological polar surface area (TPSA) is 32.3 Å². The predicted molar refractivity (Wildman–Crippen MR) is 101 cm³/mol. The molecule has 3 aliphatic rings. The molecule has 0 spiro atoms. The van der Waals surface area contributed by atoms with E-state index < -0.39 is 0 Å². The van der Waals surface area contributed by atoms with Crippen molar-refractivity contribution in [2.75, 3.05) is 13.1 Å². The molecule has 0 saturated carbocycles. The highest BCUT2D eigenvalue weighted by Crippen LogP contribution is 2.40. The standard InChI is InChI=1S/C18H20Cl2N2OS/c1-18(2)16(10-5-7-22(18)8-6-10)21-17(23)13-9-11-3-4-12(19)14(20)15(11)24-13/h3-4,9-10,16H,5-8H2,1-2H3,(H,21,23)/t16-/m1/s1. The molecule has 1 aromatic carbocycles. The first-order valence-electron chi connectivity index (χ1n) is 8.31. The van der Waals surface area contributed by atoms with E-state index in [4.69, 9.17) is 23.2 Å². The summed E-state index contributed by atoms with van der Waals surface area (Å²) in [5.41, 5.74) is 0.00839. The van der Waals surface area contributed by atoms with Gasteiger partial charge in [-0.05, 0) is 63.2 Å². The van der Waals surface area contributed by atoms with Crippen molar-refractivity contribution in [1.29, 1.82) is 0 Å². The van der Waals surface area contributed by atoms with Gasteiger partial charge in [0.1, 0.15) is 0 Å². The van der Waals surface area contributed by atoms with Crippen molar-refractivity contribution in [3.63, 3.8) is 0 Å². The van der Waals surface area contributed by atoms with Crippen molar-refractivity contribution in [3.8, 4) is 0 Å². The van der Waals surface area contributed by atoms with Crippen LogP contribution in [0, 0.1) is 5.92 Å². The maximum atomic E-state index is 12.8. The summed E-state index contributed by atoms with van der Waals surface area (Å²) in [6.07, 6.45) is 2.34. The lowest BCUT2D eigenvalue weighted by Crippen LogP contribution is -2.69. The van der Waals surface area contributed by atoms with E-state index in [1.165, 1.54) is 24.2 Å². The van der Waals surface area contributed by atoms with Crippen molar-refractivity contribution >= 4 is 50.5 Å². The first-order chi connectivity index (χ1) is 11.4. The van der Waals surface area contributed by atoms with Crippen molar-refractivity contribution in [2.45, 2.75) is 38.3 Å². The molecule has 1 amide bonds. The fourth-order valence-corrected chi connectivity index (χ4v) is 5.75. The third-order valence-electron chi connectivity index (χ3n) is 5.68. The SMILES string of the molecule is CC1(C)[C@H](NC(=O)c2cc3ccc(Cl)c(Cl)c3s2)C2CCN1CC2. The fraction of sp³-hybridized carbons (Fsp3) is 0.500. The zero-order chi connectivity index (χ0) is 17.1. The Labute approximate surface area is 155 Å². The summed E-state index contributed by atoms with van der Waals surface area (Å²) in [5.74, 6) is 0.566. The van der Waals surface area contributed by atoms with Crippen LogP contribution in [0.3, 0.4) is 0 Å². The van der Waals surface area contributed by atoms with Crippen LogP contribution in [0.4, 0.5) is 0 Å². The highest BCUT2D eigenvalue weighted by molar-refractivity contribution is 7.21. The number of rotatable bonds is 2. The van der Waals surface area contributed by atoms with Crippen molar-refractivity contribution in [2.24, 2.45) is 5.92 Å².